The number of hydrogen-bond acceptors (Lipinski definition) is 0. The normalized spacial score (nSPS) is 11.3. The summed E-state index contributed by atoms with van der Waals surface area (Å²) in [5, 5.41) is 2.54. The summed E-state index contributed by atoms with van der Waals surface area (Å²) in [6.45, 7) is 4.59. The van der Waals surface area contributed by atoms with Crippen molar-refractivity contribution in [1.82, 2.24) is 4.57 Å². The Balaban J connectivity index is 1.75. The van der Waals surface area contributed by atoms with Gasteiger partial charge in [0.15, 0.2) is 0 Å². The summed E-state index contributed by atoms with van der Waals surface area (Å²) in [7, 11) is 0. The third-order valence-electron chi connectivity index (χ3n) is 7.96. The van der Waals surface area contributed by atoms with E-state index in [1.54, 1.807) is 0 Å². The monoisotopic (exact) mass is 499 g/mol. The fourth-order valence-corrected chi connectivity index (χ4v) is 6.35. The van der Waals surface area contributed by atoms with Crippen molar-refractivity contribution in [3.63, 3.8) is 0 Å². The molecule has 1 aromatic heterocycles. The quantitative estimate of drug-likeness (QED) is 0.227. The molecule has 0 radical (unpaired) electrons. The first kappa shape index (κ1) is 23.3. The Labute approximate surface area is 229 Å². The molecule has 0 bridgehead atoms. The molecule has 1 nitrogen and oxygen atoms in total. The summed E-state index contributed by atoms with van der Waals surface area (Å²) in [5.74, 6) is 0. The topological polar surface area (TPSA) is 4.93 Å². The standard InChI is InChI=1S/C38H29N/c1-26-35(28-16-6-3-7-17-28)27(2)37(30-20-10-5-11-21-30)38(36(26)29-18-8-4-9-19-29)39-33-24-14-12-22-31(33)32-23-13-15-25-34(32)39/h3-25H,1-2H3. The molecule has 0 fully saturated rings. The van der Waals surface area contributed by atoms with E-state index >= 15 is 0 Å². The lowest BCUT2D eigenvalue weighted by atomic mass is 9.82. The molecule has 0 atom stereocenters. The van der Waals surface area contributed by atoms with Crippen molar-refractivity contribution >= 4 is 21.8 Å². The molecule has 0 aliphatic carbocycles. The highest BCUT2D eigenvalue weighted by Gasteiger charge is 2.26. The van der Waals surface area contributed by atoms with Gasteiger partial charge in [0, 0.05) is 21.9 Å². The second-order valence-corrected chi connectivity index (χ2v) is 10.2. The molecule has 39 heavy (non-hydrogen) atoms. The molecule has 0 aliphatic rings. The Hall–Kier alpha value is -4.88. The van der Waals surface area contributed by atoms with Gasteiger partial charge in [-0.25, -0.2) is 0 Å². The first-order valence-corrected chi connectivity index (χ1v) is 13.6. The van der Waals surface area contributed by atoms with Gasteiger partial charge in [0.25, 0.3) is 0 Å². The molecule has 0 saturated carbocycles. The number of nitrogens with zero attached hydrogens (tertiary/aromatic N) is 1. The van der Waals surface area contributed by atoms with Crippen molar-refractivity contribution < 1.29 is 0 Å². The summed E-state index contributed by atoms with van der Waals surface area (Å²) in [5.41, 5.74) is 13.8. The number of para-hydroxylation sites is 2. The number of fused-ring (bicyclic) bond motifs is 3. The average molecular weight is 500 g/mol. The lowest BCUT2D eigenvalue weighted by molar-refractivity contribution is 1.16. The summed E-state index contributed by atoms with van der Waals surface area (Å²) in [6.07, 6.45) is 0. The van der Waals surface area contributed by atoms with Gasteiger partial charge < -0.3 is 4.57 Å². The van der Waals surface area contributed by atoms with E-state index in [-0.39, 0.29) is 0 Å². The fourth-order valence-electron chi connectivity index (χ4n) is 6.35. The Morgan fingerprint density at radius 3 is 1.10 bits per heavy atom. The second-order valence-electron chi connectivity index (χ2n) is 10.2. The molecule has 0 N–H and O–H groups in total. The van der Waals surface area contributed by atoms with Crippen molar-refractivity contribution in [1.29, 1.82) is 0 Å². The zero-order chi connectivity index (χ0) is 26.3. The van der Waals surface area contributed by atoms with Crippen LogP contribution in [0.1, 0.15) is 11.1 Å². The molecule has 0 spiro atoms. The Bertz CT molecular complexity index is 1830. The van der Waals surface area contributed by atoms with Gasteiger partial charge in [-0.1, -0.05) is 127 Å². The Kier molecular flexibility index (Phi) is 5.64. The van der Waals surface area contributed by atoms with E-state index in [1.165, 1.54) is 72.0 Å². The molecule has 0 saturated heterocycles. The zero-order valence-corrected chi connectivity index (χ0v) is 22.2. The van der Waals surface area contributed by atoms with Crippen LogP contribution in [-0.2, 0) is 0 Å². The minimum Gasteiger partial charge on any atom is -0.308 e. The first-order chi connectivity index (χ1) is 19.2. The van der Waals surface area contributed by atoms with Crippen molar-refractivity contribution in [2.45, 2.75) is 13.8 Å². The van der Waals surface area contributed by atoms with Gasteiger partial charge in [0.1, 0.15) is 0 Å². The molecule has 1 heterocycles. The Morgan fingerprint density at radius 1 is 0.359 bits per heavy atom. The zero-order valence-electron chi connectivity index (χ0n) is 22.2. The van der Waals surface area contributed by atoms with Gasteiger partial charge in [-0.05, 0) is 59.4 Å². The lowest BCUT2D eigenvalue weighted by Gasteiger charge is -2.26. The minimum absolute atomic E-state index is 1.22. The van der Waals surface area contributed by atoms with E-state index in [2.05, 4.69) is 158 Å². The van der Waals surface area contributed by atoms with Crippen LogP contribution >= 0.6 is 0 Å². The molecule has 1 heteroatoms. The van der Waals surface area contributed by atoms with Crippen LogP contribution in [0, 0.1) is 13.8 Å². The summed E-state index contributed by atoms with van der Waals surface area (Å²) < 4.78 is 2.50. The number of benzene rings is 6. The van der Waals surface area contributed by atoms with E-state index in [9.17, 15) is 0 Å². The van der Waals surface area contributed by atoms with Gasteiger partial charge in [0.05, 0.1) is 16.7 Å². The number of aromatic nitrogens is 1. The van der Waals surface area contributed by atoms with E-state index in [0.29, 0.717) is 0 Å². The molecular weight excluding hydrogens is 470 g/mol. The van der Waals surface area contributed by atoms with Crippen LogP contribution in [0.2, 0.25) is 0 Å². The number of hydrogen-bond donors (Lipinski definition) is 0. The average Bonchev–Trinajstić information content (AvgIpc) is 3.32. The molecule has 186 valence electrons. The molecule has 0 unspecified atom stereocenters. The molecular formula is C38H29N. The van der Waals surface area contributed by atoms with Crippen molar-refractivity contribution in [3.8, 4) is 39.1 Å². The van der Waals surface area contributed by atoms with Crippen LogP contribution in [-0.4, -0.2) is 4.57 Å². The highest BCUT2D eigenvalue weighted by molar-refractivity contribution is 6.11. The van der Waals surface area contributed by atoms with E-state index in [4.69, 9.17) is 0 Å². The number of rotatable bonds is 4. The van der Waals surface area contributed by atoms with Crippen molar-refractivity contribution in [3.05, 3.63) is 151 Å². The van der Waals surface area contributed by atoms with Crippen LogP contribution in [0.15, 0.2) is 140 Å². The summed E-state index contributed by atoms with van der Waals surface area (Å²) in [4.78, 5) is 0. The van der Waals surface area contributed by atoms with E-state index < -0.39 is 0 Å². The maximum absolute atomic E-state index is 2.50. The molecule has 0 amide bonds. The summed E-state index contributed by atoms with van der Waals surface area (Å²) >= 11 is 0. The van der Waals surface area contributed by atoms with Crippen molar-refractivity contribution in [2.24, 2.45) is 0 Å². The predicted octanol–water partition coefficient (Wildman–Crippen LogP) is 10.4. The SMILES string of the molecule is Cc1c(-c2ccccc2)c(C)c(-c2ccccc2)c(-n2c3ccccc3c3ccccc32)c1-c1ccccc1. The molecule has 0 aliphatic heterocycles. The third kappa shape index (κ3) is 3.70. The molecule has 6 aromatic carbocycles. The van der Waals surface area contributed by atoms with Crippen LogP contribution in [0.5, 0.6) is 0 Å². The largest absolute Gasteiger partial charge is 0.308 e. The smallest absolute Gasteiger partial charge is 0.0624 e. The van der Waals surface area contributed by atoms with Gasteiger partial charge in [-0.2, -0.15) is 0 Å². The maximum atomic E-state index is 2.50. The van der Waals surface area contributed by atoms with E-state index in [1.807, 2.05) is 0 Å². The van der Waals surface area contributed by atoms with Gasteiger partial charge >= 0.3 is 0 Å². The molecule has 7 rings (SSSR count). The molecule has 7 aromatic rings. The van der Waals surface area contributed by atoms with Crippen LogP contribution in [0.25, 0.3) is 60.9 Å². The highest BCUT2D eigenvalue weighted by Crippen LogP contribution is 2.48. The van der Waals surface area contributed by atoms with Crippen LogP contribution in [0.4, 0.5) is 0 Å². The van der Waals surface area contributed by atoms with Gasteiger partial charge in [-0.3, -0.25) is 0 Å². The van der Waals surface area contributed by atoms with Gasteiger partial charge in [-0.15, -0.1) is 0 Å². The fraction of sp³-hybridized carbons (Fsp3) is 0.0526. The first-order valence-electron chi connectivity index (χ1n) is 13.6. The lowest BCUT2D eigenvalue weighted by Crippen LogP contribution is -2.06. The van der Waals surface area contributed by atoms with Gasteiger partial charge in [0.2, 0.25) is 0 Å². The van der Waals surface area contributed by atoms with Crippen LogP contribution in [0.3, 0.4) is 0 Å². The Morgan fingerprint density at radius 2 is 0.692 bits per heavy atom. The summed E-state index contributed by atoms with van der Waals surface area (Å²) in [6, 6.07) is 50.2. The second kappa shape index (κ2) is 9.45. The van der Waals surface area contributed by atoms with E-state index in [0.717, 1.165) is 0 Å². The highest BCUT2D eigenvalue weighted by atomic mass is 15.0. The predicted molar refractivity (Wildman–Crippen MR) is 167 cm³/mol. The maximum Gasteiger partial charge on any atom is 0.0624 e. The van der Waals surface area contributed by atoms with Crippen LogP contribution < -0.4 is 0 Å². The van der Waals surface area contributed by atoms with Crippen molar-refractivity contribution in [2.75, 3.05) is 0 Å². The third-order valence-corrected chi connectivity index (χ3v) is 7.96. The minimum atomic E-state index is 1.22.